The molecule has 0 aliphatic carbocycles. The highest BCUT2D eigenvalue weighted by atomic mass is 32.1. The van der Waals surface area contributed by atoms with Crippen LogP contribution in [0.2, 0.25) is 0 Å². The van der Waals surface area contributed by atoms with E-state index in [1.807, 2.05) is 6.07 Å². The monoisotopic (exact) mass is 358 g/mol. The fourth-order valence-corrected chi connectivity index (χ4v) is 2.88. The Morgan fingerprint density at radius 3 is 2.76 bits per heavy atom. The number of nitrogens with zero attached hydrogens (tertiary/aromatic N) is 1. The molecular formula is C18H15FN2O3S. The molecule has 2 aromatic carbocycles. The first kappa shape index (κ1) is 16.9. The first-order valence-corrected chi connectivity index (χ1v) is 8.31. The molecule has 5 nitrogen and oxygen atoms in total. The highest BCUT2D eigenvalue weighted by Crippen LogP contribution is 2.27. The Kier molecular flexibility index (Phi) is 5.25. The van der Waals surface area contributed by atoms with Crippen LogP contribution in [0.5, 0.6) is 11.5 Å². The number of rotatable bonds is 6. The van der Waals surface area contributed by atoms with Crippen molar-refractivity contribution in [2.24, 2.45) is 0 Å². The summed E-state index contributed by atoms with van der Waals surface area (Å²) in [6, 6.07) is 13.2. The average molecular weight is 358 g/mol. The third-order valence-corrected chi connectivity index (χ3v) is 4.06. The molecule has 7 heteroatoms. The number of para-hydroxylation sites is 2. The lowest BCUT2D eigenvalue weighted by Gasteiger charge is -2.09. The number of methoxy groups -OCH3 is 1. The van der Waals surface area contributed by atoms with Gasteiger partial charge in [-0.25, -0.2) is 9.37 Å². The molecule has 0 saturated carbocycles. The highest BCUT2D eigenvalue weighted by molar-refractivity contribution is 7.14. The first-order valence-electron chi connectivity index (χ1n) is 7.43. The number of ether oxygens (including phenoxy) is 2. The molecule has 25 heavy (non-hydrogen) atoms. The van der Waals surface area contributed by atoms with E-state index in [0.717, 1.165) is 0 Å². The highest BCUT2D eigenvalue weighted by Gasteiger charge is 2.10. The van der Waals surface area contributed by atoms with Crippen LogP contribution >= 0.6 is 11.3 Å². The van der Waals surface area contributed by atoms with Gasteiger partial charge in [-0.1, -0.05) is 24.3 Å². The Bertz CT molecular complexity index is 882. The Labute approximate surface area is 148 Å². The molecule has 1 heterocycles. The van der Waals surface area contributed by atoms with Crippen LogP contribution in [-0.2, 0) is 4.79 Å². The van der Waals surface area contributed by atoms with Crippen LogP contribution in [-0.4, -0.2) is 24.6 Å². The number of benzene rings is 2. The third-order valence-electron chi connectivity index (χ3n) is 3.30. The SMILES string of the molecule is COc1ccccc1OCC(=O)Nc1nc(-c2cccc(F)c2)cs1. The van der Waals surface area contributed by atoms with Crippen LogP contribution in [0.4, 0.5) is 9.52 Å². The van der Waals surface area contributed by atoms with E-state index in [2.05, 4.69) is 10.3 Å². The van der Waals surface area contributed by atoms with E-state index < -0.39 is 0 Å². The van der Waals surface area contributed by atoms with Crippen LogP contribution in [0.3, 0.4) is 0 Å². The number of carbonyl (C=O) groups is 1. The van der Waals surface area contributed by atoms with Gasteiger partial charge in [-0.15, -0.1) is 11.3 Å². The van der Waals surface area contributed by atoms with Gasteiger partial charge in [0.2, 0.25) is 0 Å². The van der Waals surface area contributed by atoms with Crippen molar-refractivity contribution in [3.05, 3.63) is 59.7 Å². The zero-order valence-corrected chi connectivity index (χ0v) is 14.2. The van der Waals surface area contributed by atoms with E-state index in [1.165, 1.54) is 30.6 Å². The fourth-order valence-electron chi connectivity index (χ4n) is 2.15. The van der Waals surface area contributed by atoms with Crippen LogP contribution < -0.4 is 14.8 Å². The quantitative estimate of drug-likeness (QED) is 0.724. The summed E-state index contributed by atoms with van der Waals surface area (Å²) < 4.78 is 23.9. The summed E-state index contributed by atoms with van der Waals surface area (Å²) in [7, 11) is 1.53. The van der Waals surface area contributed by atoms with Gasteiger partial charge in [0.1, 0.15) is 5.82 Å². The Morgan fingerprint density at radius 2 is 2.00 bits per heavy atom. The van der Waals surface area contributed by atoms with Gasteiger partial charge >= 0.3 is 0 Å². The van der Waals surface area contributed by atoms with Gasteiger partial charge in [-0.05, 0) is 24.3 Å². The molecule has 3 rings (SSSR count). The molecule has 0 radical (unpaired) electrons. The predicted molar refractivity (Wildman–Crippen MR) is 94.6 cm³/mol. The summed E-state index contributed by atoms with van der Waals surface area (Å²) in [5.74, 6) is 0.366. The van der Waals surface area contributed by atoms with Gasteiger partial charge in [0.05, 0.1) is 12.8 Å². The lowest BCUT2D eigenvalue weighted by atomic mass is 10.2. The molecule has 0 spiro atoms. The third kappa shape index (κ3) is 4.33. The lowest BCUT2D eigenvalue weighted by molar-refractivity contribution is -0.118. The number of hydrogen-bond acceptors (Lipinski definition) is 5. The summed E-state index contributed by atoms with van der Waals surface area (Å²) in [5, 5.41) is 4.84. The summed E-state index contributed by atoms with van der Waals surface area (Å²) in [4.78, 5) is 16.3. The van der Waals surface area contributed by atoms with Crippen molar-refractivity contribution in [1.29, 1.82) is 0 Å². The van der Waals surface area contributed by atoms with Crippen LogP contribution in [0.25, 0.3) is 11.3 Å². The molecule has 0 aliphatic heterocycles. The van der Waals surface area contributed by atoms with E-state index in [1.54, 1.807) is 35.7 Å². The second-order valence-corrected chi connectivity index (χ2v) is 5.89. The van der Waals surface area contributed by atoms with Crippen LogP contribution in [0, 0.1) is 5.82 Å². The number of aromatic nitrogens is 1. The Hall–Kier alpha value is -2.93. The van der Waals surface area contributed by atoms with Gasteiger partial charge in [-0.2, -0.15) is 0 Å². The van der Waals surface area contributed by atoms with Crippen LogP contribution in [0.1, 0.15) is 0 Å². The second-order valence-electron chi connectivity index (χ2n) is 5.04. The Balaban J connectivity index is 1.60. The number of halogens is 1. The maximum atomic E-state index is 13.3. The average Bonchev–Trinajstić information content (AvgIpc) is 3.08. The topological polar surface area (TPSA) is 60.5 Å². The zero-order chi connectivity index (χ0) is 17.6. The van der Waals surface area contributed by atoms with Gasteiger partial charge in [0.25, 0.3) is 5.91 Å². The van der Waals surface area contributed by atoms with Crippen molar-refractivity contribution in [3.63, 3.8) is 0 Å². The lowest BCUT2D eigenvalue weighted by Crippen LogP contribution is -2.20. The molecule has 128 valence electrons. The fraction of sp³-hybridized carbons (Fsp3) is 0.111. The molecule has 0 unspecified atom stereocenters. The predicted octanol–water partition coefficient (Wildman–Crippen LogP) is 3.98. The molecule has 0 aliphatic rings. The number of nitrogens with one attached hydrogen (secondary N) is 1. The molecule has 1 amide bonds. The number of carbonyl (C=O) groups excluding carboxylic acids is 1. The van der Waals surface area contributed by atoms with Crippen LogP contribution in [0.15, 0.2) is 53.9 Å². The van der Waals surface area contributed by atoms with E-state index in [4.69, 9.17) is 9.47 Å². The summed E-state index contributed by atoms with van der Waals surface area (Å²) in [5.41, 5.74) is 1.26. The van der Waals surface area contributed by atoms with Crippen molar-refractivity contribution >= 4 is 22.4 Å². The summed E-state index contributed by atoms with van der Waals surface area (Å²) in [6.45, 7) is -0.171. The maximum Gasteiger partial charge on any atom is 0.264 e. The molecule has 0 bridgehead atoms. The van der Waals surface area contributed by atoms with Gasteiger partial charge < -0.3 is 9.47 Å². The zero-order valence-electron chi connectivity index (χ0n) is 13.4. The van der Waals surface area contributed by atoms with Crippen molar-refractivity contribution < 1.29 is 18.7 Å². The minimum absolute atomic E-state index is 0.171. The minimum Gasteiger partial charge on any atom is -0.493 e. The van der Waals surface area contributed by atoms with Crippen molar-refractivity contribution in [3.8, 4) is 22.8 Å². The maximum absolute atomic E-state index is 13.3. The molecule has 0 fully saturated rings. The van der Waals surface area contributed by atoms with Crippen molar-refractivity contribution in [2.75, 3.05) is 19.0 Å². The normalized spacial score (nSPS) is 10.3. The number of hydrogen-bond donors (Lipinski definition) is 1. The summed E-state index contributed by atoms with van der Waals surface area (Å²) >= 11 is 1.26. The standard InChI is InChI=1S/C18H15FN2O3S/c1-23-15-7-2-3-8-16(15)24-10-17(22)21-18-20-14(11-25-18)12-5-4-6-13(19)9-12/h2-9,11H,10H2,1H3,(H,20,21,22). The van der Waals surface area contributed by atoms with Crippen molar-refractivity contribution in [1.82, 2.24) is 4.98 Å². The summed E-state index contributed by atoms with van der Waals surface area (Å²) in [6.07, 6.45) is 0. The molecule has 0 atom stereocenters. The van der Waals surface area contributed by atoms with Gasteiger partial charge in [0.15, 0.2) is 23.2 Å². The Morgan fingerprint density at radius 1 is 1.20 bits per heavy atom. The molecular weight excluding hydrogens is 343 g/mol. The molecule has 1 aromatic heterocycles. The number of anilines is 1. The minimum atomic E-state index is -0.342. The van der Waals surface area contributed by atoms with E-state index in [-0.39, 0.29) is 18.3 Å². The van der Waals surface area contributed by atoms with Gasteiger partial charge in [0, 0.05) is 10.9 Å². The molecule has 0 saturated heterocycles. The molecule has 1 N–H and O–H groups in total. The van der Waals surface area contributed by atoms with E-state index >= 15 is 0 Å². The van der Waals surface area contributed by atoms with Gasteiger partial charge in [-0.3, -0.25) is 10.1 Å². The first-order chi connectivity index (χ1) is 12.2. The van der Waals surface area contributed by atoms with E-state index in [0.29, 0.717) is 27.9 Å². The number of amides is 1. The second kappa shape index (κ2) is 7.76. The molecule has 3 aromatic rings. The van der Waals surface area contributed by atoms with Crippen molar-refractivity contribution in [2.45, 2.75) is 0 Å². The smallest absolute Gasteiger partial charge is 0.264 e. The number of thiazole rings is 1. The largest absolute Gasteiger partial charge is 0.493 e. The van der Waals surface area contributed by atoms with E-state index in [9.17, 15) is 9.18 Å².